The minimum atomic E-state index is -1.51. The second-order valence-electron chi connectivity index (χ2n) is 2.60. The maximum atomic E-state index is 10.4. The lowest BCUT2D eigenvalue weighted by Crippen LogP contribution is -2.18. The molecule has 12 heteroatoms. The van der Waals surface area contributed by atoms with E-state index in [1.165, 1.54) is 0 Å². The van der Waals surface area contributed by atoms with Crippen LogP contribution in [0.2, 0.25) is 0 Å². The number of carboxylic acid groups (broad SMARTS) is 3. The lowest BCUT2D eigenvalue weighted by Gasteiger charge is -2.05. The summed E-state index contributed by atoms with van der Waals surface area (Å²) in [6.45, 7) is 0. The summed E-state index contributed by atoms with van der Waals surface area (Å²) < 4.78 is 0. The van der Waals surface area contributed by atoms with Crippen LogP contribution in [0.5, 0.6) is 0 Å². The van der Waals surface area contributed by atoms with Gasteiger partial charge in [0.1, 0.15) is 0 Å². The summed E-state index contributed by atoms with van der Waals surface area (Å²) in [4.78, 5) is 41.2. The minimum Gasteiger partial charge on any atom is -0.465 e. The van der Waals surface area contributed by atoms with E-state index in [9.17, 15) is 14.4 Å². The average Bonchev–Trinajstić information content (AvgIpc) is 2.12. The van der Waals surface area contributed by atoms with Crippen LogP contribution in [0, 0.1) is 0 Å². The van der Waals surface area contributed by atoms with Gasteiger partial charge in [0.15, 0.2) is 0 Å². The molecule has 0 saturated heterocycles. The lowest BCUT2D eigenvalue weighted by molar-refractivity contribution is 0.208. The lowest BCUT2D eigenvalue weighted by atomic mass is 10.7. The van der Waals surface area contributed by atoms with E-state index in [2.05, 4.69) is 15.0 Å². The normalized spacial score (nSPS) is 9.33. The first-order valence-corrected chi connectivity index (χ1v) is 4.12. The smallest absolute Gasteiger partial charge is 0.411 e. The largest absolute Gasteiger partial charge is 0.465 e. The van der Waals surface area contributed by atoms with Crippen LogP contribution >= 0.6 is 0 Å². The third-order valence-electron chi connectivity index (χ3n) is 1.29. The zero-order valence-corrected chi connectivity index (χ0v) is 8.41. The molecule has 1 aromatic heterocycles. The van der Waals surface area contributed by atoms with Crippen molar-refractivity contribution < 1.29 is 29.7 Å². The number of rotatable bonds is 3. The van der Waals surface area contributed by atoms with Gasteiger partial charge in [0, 0.05) is 0 Å². The van der Waals surface area contributed by atoms with Crippen LogP contribution in [0.15, 0.2) is 0 Å². The van der Waals surface area contributed by atoms with Gasteiger partial charge in [-0.3, -0.25) is 16.0 Å². The van der Waals surface area contributed by atoms with Gasteiger partial charge < -0.3 is 15.3 Å². The van der Waals surface area contributed by atoms with Crippen LogP contribution < -0.4 is 16.0 Å². The van der Waals surface area contributed by atoms with Crippen LogP contribution in [-0.4, -0.2) is 48.6 Å². The number of amides is 3. The van der Waals surface area contributed by atoms with Gasteiger partial charge in [-0.25, -0.2) is 14.4 Å². The Labute approximate surface area is 97.7 Å². The van der Waals surface area contributed by atoms with Crippen LogP contribution in [0.1, 0.15) is 0 Å². The Hall–Kier alpha value is -3.18. The van der Waals surface area contributed by atoms with Crippen molar-refractivity contribution in [1.29, 1.82) is 0 Å². The van der Waals surface area contributed by atoms with Crippen molar-refractivity contribution in [3.05, 3.63) is 0 Å². The van der Waals surface area contributed by atoms with Crippen LogP contribution in [0.4, 0.5) is 32.2 Å². The van der Waals surface area contributed by atoms with Gasteiger partial charge in [0.2, 0.25) is 17.8 Å². The van der Waals surface area contributed by atoms with Gasteiger partial charge in [0.05, 0.1) is 0 Å². The van der Waals surface area contributed by atoms with Gasteiger partial charge in [-0.1, -0.05) is 0 Å². The third kappa shape index (κ3) is 4.13. The monoisotopic (exact) mass is 258 g/mol. The summed E-state index contributed by atoms with van der Waals surface area (Å²) in [6.07, 6.45) is -4.53. The number of nitrogens with zero attached hydrogens (tertiary/aromatic N) is 3. The summed E-state index contributed by atoms with van der Waals surface area (Å²) in [5.41, 5.74) is 0. The van der Waals surface area contributed by atoms with Gasteiger partial charge >= 0.3 is 18.3 Å². The molecule has 0 aliphatic rings. The second-order valence-corrected chi connectivity index (χ2v) is 2.60. The number of carbonyl (C=O) groups is 3. The highest BCUT2D eigenvalue weighted by atomic mass is 16.4. The van der Waals surface area contributed by atoms with Crippen molar-refractivity contribution in [2.75, 3.05) is 16.0 Å². The molecular weight excluding hydrogens is 252 g/mol. The highest BCUT2D eigenvalue weighted by Gasteiger charge is 2.11. The van der Waals surface area contributed by atoms with Crippen molar-refractivity contribution >= 4 is 36.1 Å². The number of nitrogens with one attached hydrogen (secondary N) is 3. The zero-order chi connectivity index (χ0) is 13.7. The Bertz CT molecular complexity index is 420. The fourth-order valence-corrected chi connectivity index (χ4v) is 0.831. The maximum absolute atomic E-state index is 10.4. The molecule has 6 N–H and O–H groups in total. The Balaban J connectivity index is 3.06. The van der Waals surface area contributed by atoms with Crippen molar-refractivity contribution in [3.8, 4) is 0 Å². The Morgan fingerprint density at radius 3 is 1.06 bits per heavy atom. The molecule has 12 nitrogen and oxygen atoms in total. The zero-order valence-electron chi connectivity index (χ0n) is 8.41. The molecule has 1 heterocycles. The molecule has 18 heavy (non-hydrogen) atoms. The molecule has 1 rings (SSSR count). The Kier molecular flexibility index (Phi) is 3.75. The standard InChI is InChI=1S/C6H6N6O6/c13-4(14)10-1-7-2(11-5(15)16)9-3(8-1)12-6(17)18/h(H,13,14)(H,15,16)(H,17,18)(H3,7,8,9,10,11,12). The van der Waals surface area contributed by atoms with E-state index in [-0.39, 0.29) is 0 Å². The topological polar surface area (TPSA) is 187 Å². The number of hydrogen-bond acceptors (Lipinski definition) is 6. The van der Waals surface area contributed by atoms with Crippen LogP contribution in [0.3, 0.4) is 0 Å². The molecule has 0 unspecified atom stereocenters. The van der Waals surface area contributed by atoms with E-state index in [1.807, 2.05) is 0 Å². The van der Waals surface area contributed by atoms with Crippen LogP contribution in [-0.2, 0) is 0 Å². The second kappa shape index (κ2) is 5.24. The number of aromatic nitrogens is 3. The quantitative estimate of drug-likeness (QED) is 0.438. The fourth-order valence-electron chi connectivity index (χ4n) is 0.831. The van der Waals surface area contributed by atoms with E-state index >= 15 is 0 Å². The summed E-state index contributed by atoms with van der Waals surface area (Å²) in [7, 11) is 0. The summed E-state index contributed by atoms with van der Waals surface area (Å²) in [5, 5.41) is 30.4. The molecule has 0 bridgehead atoms. The van der Waals surface area contributed by atoms with E-state index in [1.54, 1.807) is 16.0 Å². The summed E-state index contributed by atoms with van der Waals surface area (Å²) in [6, 6.07) is 0. The van der Waals surface area contributed by atoms with E-state index < -0.39 is 36.1 Å². The fraction of sp³-hybridized carbons (Fsp3) is 0. The molecule has 0 atom stereocenters. The summed E-state index contributed by atoms with van der Waals surface area (Å²) >= 11 is 0. The number of hydrogen-bond donors (Lipinski definition) is 6. The van der Waals surface area contributed by atoms with Crippen molar-refractivity contribution in [2.24, 2.45) is 0 Å². The molecule has 0 aromatic carbocycles. The van der Waals surface area contributed by atoms with Gasteiger partial charge in [-0.15, -0.1) is 0 Å². The first kappa shape index (κ1) is 12.9. The SMILES string of the molecule is O=C(O)Nc1nc(NC(=O)O)nc(NC(=O)O)n1. The maximum Gasteiger partial charge on any atom is 0.411 e. The van der Waals surface area contributed by atoms with Crippen molar-refractivity contribution in [1.82, 2.24) is 15.0 Å². The number of anilines is 3. The first-order chi connectivity index (χ1) is 8.36. The molecule has 0 aliphatic heterocycles. The molecular formula is C6H6N6O6. The molecule has 0 fully saturated rings. The third-order valence-corrected chi connectivity index (χ3v) is 1.29. The molecule has 0 radical (unpaired) electrons. The molecule has 0 spiro atoms. The predicted octanol–water partition coefficient (Wildman–Crippen LogP) is 0.141. The molecule has 0 saturated carbocycles. The summed E-state index contributed by atoms with van der Waals surface area (Å²) in [5.74, 6) is -1.61. The highest BCUT2D eigenvalue weighted by molar-refractivity contribution is 5.84. The molecule has 96 valence electrons. The molecule has 1 aromatic rings. The molecule has 3 amide bonds. The van der Waals surface area contributed by atoms with E-state index in [0.29, 0.717) is 0 Å². The van der Waals surface area contributed by atoms with Gasteiger partial charge in [0.25, 0.3) is 0 Å². The minimum absolute atomic E-state index is 0.537. The van der Waals surface area contributed by atoms with Crippen molar-refractivity contribution in [2.45, 2.75) is 0 Å². The van der Waals surface area contributed by atoms with Gasteiger partial charge in [-0.05, 0) is 0 Å². The highest BCUT2D eigenvalue weighted by Crippen LogP contribution is 2.09. The Morgan fingerprint density at radius 1 is 0.667 bits per heavy atom. The van der Waals surface area contributed by atoms with Gasteiger partial charge in [-0.2, -0.15) is 15.0 Å². The van der Waals surface area contributed by atoms with E-state index in [4.69, 9.17) is 15.3 Å². The Morgan fingerprint density at radius 2 is 0.889 bits per heavy atom. The average molecular weight is 258 g/mol. The van der Waals surface area contributed by atoms with Crippen molar-refractivity contribution in [3.63, 3.8) is 0 Å². The first-order valence-electron chi connectivity index (χ1n) is 4.12. The predicted molar refractivity (Wildman–Crippen MR) is 54.8 cm³/mol. The van der Waals surface area contributed by atoms with E-state index in [0.717, 1.165) is 0 Å². The molecule has 0 aliphatic carbocycles. The van der Waals surface area contributed by atoms with Crippen LogP contribution in [0.25, 0.3) is 0 Å².